The molecule has 0 bridgehead atoms. The number of nitrogens with one attached hydrogen (secondary N) is 1. The van der Waals surface area contributed by atoms with Gasteiger partial charge in [-0.3, -0.25) is 9.59 Å². The summed E-state index contributed by atoms with van der Waals surface area (Å²) in [5.74, 6) is -1.94. The van der Waals surface area contributed by atoms with Crippen molar-refractivity contribution in [3.05, 3.63) is 83.5 Å². The lowest BCUT2D eigenvalue weighted by Gasteiger charge is -2.34. The van der Waals surface area contributed by atoms with Gasteiger partial charge in [0.1, 0.15) is 11.6 Å². The van der Waals surface area contributed by atoms with Crippen LogP contribution >= 0.6 is 24.8 Å². The number of carbonyl (C=O) groups is 2. The predicted molar refractivity (Wildman–Crippen MR) is 183 cm³/mol. The standard InChI is InChI=1S/C33H35F4N7O5.2ClH/c1-20(38)29-28(30(46)41-19-22-6-8-23(34)18-24(22)35)42-31(49-29)21-7-9-25(48-32(36)37)26(17-21)47-16-3-2-5-27(45)43-12-14-44(15-13-43)33-39-10-4-11-40-33;;/h4,6-11,17-18,20,32H,2-3,5,12-16,19,38H2,1H3,(H,41,46);2*1H. The lowest BCUT2D eigenvalue weighted by Crippen LogP contribution is -2.49. The Labute approximate surface area is 303 Å². The average molecular weight is 759 g/mol. The normalized spacial score (nSPS) is 13.2. The van der Waals surface area contributed by atoms with E-state index in [1.807, 2.05) is 4.90 Å². The smallest absolute Gasteiger partial charge is 0.387 e. The zero-order valence-corrected chi connectivity index (χ0v) is 29.0. The van der Waals surface area contributed by atoms with E-state index < -0.39 is 30.2 Å². The predicted octanol–water partition coefficient (Wildman–Crippen LogP) is 5.70. The van der Waals surface area contributed by atoms with Crippen molar-refractivity contribution >= 4 is 42.6 Å². The first-order chi connectivity index (χ1) is 23.6. The number of rotatable bonds is 14. The van der Waals surface area contributed by atoms with Gasteiger partial charge >= 0.3 is 6.61 Å². The lowest BCUT2D eigenvalue weighted by atomic mass is 10.2. The molecule has 0 aliphatic carbocycles. The number of oxazole rings is 1. The van der Waals surface area contributed by atoms with Crippen LogP contribution in [0.25, 0.3) is 11.5 Å². The highest BCUT2D eigenvalue weighted by atomic mass is 35.5. The van der Waals surface area contributed by atoms with Crippen LogP contribution in [-0.4, -0.2) is 71.1 Å². The minimum Gasteiger partial charge on any atom is -0.490 e. The molecular formula is C33H37Cl2F4N7O5. The van der Waals surface area contributed by atoms with Crippen LogP contribution in [0.1, 0.15) is 54.0 Å². The number of hydrogen-bond donors (Lipinski definition) is 2. The number of nitrogens with two attached hydrogens (primary N) is 1. The number of anilines is 1. The van der Waals surface area contributed by atoms with Gasteiger partial charge in [-0.15, -0.1) is 24.8 Å². The fraction of sp³-hybridized carbons (Fsp3) is 0.364. The van der Waals surface area contributed by atoms with Crippen molar-refractivity contribution in [2.45, 2.75) is 45.4 Å². The van der Waals surface area contributed by atoms with E-state index in [0.717, 1.165) is 6.07 Å². The maximum absolute atomic E-state index is 14.1. The van der Waals surface area contributed by atoms with Crippen LogP contribution < -0.4 is 25.4 Å². The Morgan fingerprint density at radius 3 is 2.39 bits per heavy atom. The summed E-state index contributed by atoms with van der Waals surface area (Å²) in [4.78, 5) is 42.3. The van der Waals surface area contributed by atoms with Crippen LogP contribution in [0.5, 0.6) is 11.5 Å². The lowest BCUT2D eigenvalue weighted by molar-refractivity contribution is -0.131. The molecule has 5 rings (SSSR count). The molecule has 18 heteroatoms. The molecule has 2 aromatic heterocycles. The maximum Gasteiger partial charge on any atom is 0.387 e. The molecule has 3 N–H and O–H groups in total. The zero-order chi connectivity index (χ0) is 34.9. The highest BCUT2D eigenvalue weighted by Crippen LogP contribution is 2.35. The molecule has 0 radical (unpaired) electrons. The molecule has 2 aromatic carbocycles. The summed E-state index contributed by atoms with van der Waals surface area (Å²) in [6.45, 7) is 0.647. The van der Waals surface area contributed by atoms with Gasteiger partial charge in [0, 0.05) is 68.7 Å². The second kappa shape index (κ2) is 19.1. The van der Waals surface area contributed by atoms with Crippen LogP contribution in [0.15, 0.2) is 59.3 Å². The second-order valence-corrected chi connectivity index (χ2v) is 11.2. The summed E-state index contributed by atoms with van der Waals surface area (Å²) in [5.41, 5.74) is 6.18. The van der Waals surface area contributed by atoms with Crippen molar-refractivity contribution in [2.24, 2.45) is 5.73 Å². The molecule has 1 fully saturated rings. The fourth-order valence-corrected chi connectivity index (χ4v) is 5.13. The summed E-state index contributed by atoms with van der Waals surface area (Å²) >= 11 is 0. The van der Waals surface area contributed by atoms with E-state index in [0.29, 0.717) is 57.5 Å². The fourth-order valence-electron chi connectivity index (χ4n) is 5.13. The molecule has 0 saturated carbocycles. The van der Waals surface area contributed by atoms with Gasteiger partial charge in [0.2, 0.25) is 17.7 Å². The van der Waals surface area contributed by atoms with Gasteiger partial charge in [0.15, 0.2) is 23.0 Å². The highest BCUT2D eigenvalue weighted by Gasteiger charge is 2.25. The van der Waals surface area contributed by atoms with Gasteiger partial charge < -0.3 is 34.7 Å². The number of alkyl halides is 2. The first-order valence-corrected chi connectivity index (χ1v) is 15.6. The molecule has 276 valence electrons. The van der Waals surface area contributed by atoms with Gasteiger partial charge in [-0.1, -0.05) is 6.07 Å². The van der Waals surface area contributed by atoms with Crippen LogP contribution in [-0.2, 0) is 11.3 Å². The first kappa shape index (κ1) is 40.8. The minimum absolute atomic E-state index is 0. The van der Waals surface area contributed by atoms with Crippen molar-refractivity contribution in [1.29, 1.82) is 0 Å². The molecule has 1 aliphatic heterocycles. The third kappa shape index (κ3) is 10.9. The van der Waals surface area contributed by atoms with E-state index in [4.69, 9.17) is 14.9 Å². The number of benzene rings is 2. The van der Waals surface area contributed by atoms with Crippen molar-refractivity contribution in [3.8, 4) is 23.0 Å². The Kier molecular flexibility index (Phi) is 15.2. The van der Waals surface area contributed by atoms with E-state index in [-0.39, 0.29) is 83.8 Å². The molecular weight excluding hydrogens is 721 g/mol. The number of hydrogen-bond acceptors (Lipinski definition) is 10. The number of carbonyl (C=O) groups excluding carboxylic acids is 2. The largest absolute Gasteiger partial charge is 0.490 e. The molecule has 1 unspecified atom stereocenters. The third-order valence-electron chi connectivity index (χ3n) is 7.65. The van der Waals surface area contributed by atoms with Gasteiger partial charge in [-0.25, -0.2) is 23.7 Å². The van der Waals surface area contributed by atoms with Crippen molar-refractivity contribution in [3.63, 3.8) is 0 Å². The molecule has 1 saturated heterocycles. The van der Waals surface area contributed by atoms with E-state index in [1.54, 1.807) is 30.3 Å². The Bertz CT molecular complexity index is 1750. The summed E-state index contributed by atoms with van der Waals surface area (Å²) in [7, 11) is 0. The summed E-state index contributed by atoms with van der Waals surface area (Å²) in [6, 6.07) is 7.99. The van der Waals surface area contributed by atoms with Crippen LogP contribution in [0.2, 0.25) is 0 Å². The molecule has 3 heterocycles. The van der Waals surface area contributed by atoms with Crippen molar-refractivity contribution in [2.75, 3.05) is 37.7 Å². The van der Waals surface area contributed by atoms with Crippen molar-refractivity contribution in [1.82, 2.24) is 25.2 Å². The number of aromatic nitrogens is 3. The van der Waals surface area contributed by atoms with E-state index in [9.17, 15) is 27.2 Å². The Balaban J connectivity index is 0.00000351. The second-order valence-electron chi connectivity index (χ2n) is 11.2. The van der Waals surface area contributed by atoms with Crippen molar-refractivity contribution < 1.29 is 41.0 Å². The summed E-state index contributed by atoms with van der Waals surface area (Å²) in [5, 5.41) is 2.51. The Morgan fingerprint density at radius 1 is 1.00 bits per heavy atom. The molecule has 51 heavy (non-hydrogen) atoms. The Morgan fingerprint density at radius 2 is 1.73 bits per heavy atom. The minimum atomic E-state index is -3.12. The molecule has 2 amide bonds. The third-order valence-corrected chi connectivity index (χ3v) is 7.65. The Hall–Kier alpha value is -4.67. The molecule has 12 nitrogen and oxygen atoms in total. The summed E-state index contributed by atoms with van der Waals surface area (Å²) < 4.78 is 69.8. The molecule has 4 aromatic rings. The molecule has 0 spiro atoms. The van der Waals surface area contributed by atoms with Crippen LogP contribution in [0, 0.1) is 11.6 Å². The number of piperazine rings is 1. The van der Waals surface area contributed by atoms with E-state index >= 15 is 0 Å². The van der Waals surface area contributed by atoms with Gasteiger partial charge in [-0.2, -0.15) is 8.78 Å². The maximum atomic E-state index is 14.1. The highest BCUT2D eigenvalue weighted by molar-refractivity contribution is 5.94. The topological polar surface area (TPSA) is 149 Å². The quantitative estimate of drug-likeness (QED) is 0.121. The van der Waals surface area contributed by atoms with Gasteiger partial charge in [0.05, 0.1) is 12.6 Å². The molecule has 1 atom stereocenters. The summed E-state index contributed by atoms with van der Waals surface area (Å²) in [6.07, 6.45) is 4.60. The number of halogens is 6. The van der Waals surface area contributed by atoms with Gasteiger partial charge in [0.25, 0.3) is 5.91 Å². The SMILES string of the molecule is CC(N)c1oc(-c2ccc(OC(F)F)c(OCCCCC(=O)N3CCN(c4ncccn4)CC3)c2)nc1C(=O)NCc1ccc(F)cc1F.Cl.Cl. The number of ether oxygens (including phenoxy) is 2. The first-order valence-electron chi connectivity index (χ1n) is 15.6. The monoisotopic (exact) mass is 757 g/mol. The number of nitrogens with zero attached hydrogens (tertiary/aromatic N) is 5. The average Bonchev–Trinajstić information content (AvgIpc) is 3.55. The van der Waals surface area contributed by atoms with E-state index in [1.165, 1.54) is 24.3 Å². The zero-order valence-electron chi connectivity index (χ0n) is 27.4. The number of amides is 2. The van der Waals surface area contributed by atoms with Gasteiger partial charge in [-0.05, 0) is 50.1 Å². The van der Waals surface area contributed by atoms with Crippen LogP contribution in [0.3, 0.4) is 0 Å². The number of unbranched alkanes of at least 4 members (excludes halogenated alkanes) is 1. The molecule has 1 aliphatic rings. The van der Waals surface area contributed by atoms with Crippen LogP contribution in [0.4, 0.5) is 23.5 Å². The van der Waals surface area contributed by atoms with E-state index in [2.05, 4.69) is 25.0 Å².